The van der Waals surface area contributed by atoms with E-state index in [2.05, 4.69) is 28.6 Å². The zero-order valence-corrected chi connectivity index (χ0v) is 31.9. The highest BCUT2D eigenvalue weighted by Crippen LogP contribution is 2.19. The van der Waals surface area contributed by atoms with Gasteiger partial charge >= 0.3 is 0 Å². The molecule has 48 heavy (non-hydrogen) atoms. The fraction of sp³-hybridized carbons (Fsp3) is 0.769. The van der Waals surface area contributed by atoms with Crippen LogP contribution in [0.25, 0.3) is 0 Å². The summed E-state index contributed by atoms with van der Waals surface area (Å²) < 4.78 is 51.2. The summed E-state index contributed by atoms with van der Waals surface area (Å²) in [5, 5.41) is 2.14. The summed E-state index contributed by atoms with van der Waals surface area (Å²) in [6.45, 7) is 7.52. The van der Waals surface area contributed by atoms with Crippen molar-refractivity contribution >= 4 is 21.5 Å². The lowest BCUT2D eigenvalue weighted by atomic mass is 10.0. The maximum absolute atomic E-state index is 10.4. The van der Waals surface area contributed by atoms with Crippen LogP contribution in [0.5, 0.6) is 0 Å². The van der Waals surface area contributed by atoms with Crippen molar-refractivity contribution in [3.63, 3.8) is 0 Å². The molecule has 0 bridgehead atoms. The molecule has 1 aromatic heterocycles. The molecule has 9 heteroatoms. The topological polar surface area (TPSA) is 88.8 Å². The smallest absolute Gasteiger partial charge is 0.224 e. The Labute approximate surface area is 297 Å². The number of ether oxygens (including phenoxy) is 3. The molecule has 276 valence electrons. The Morgan fingerprint density at radius 2 is 1.33 bits per heavy atom. The van der Waals surface area contributed by atoms with Crippen molar-refractivity contribution in [1.82, 2.24) is 0 Å². The number of aryl methyl sites for hydroxylation is 2. The van der Waals surface area contributed by atoms with Gasteiger partial charge < -0.3 is 18.8 Å². The second-order valence-electron chi connectivity index (χ2n) is 13.5. The zero-order chi connectivity index (χ0) is 34.5. The lowest BCUT2D eigenvalue weighted by Gasteiger charge is -2.12. The van der Waals surface area contributed by atoms with Crippen LogP contribution in [0.4, 0.5) is 0 Å². The number of hydrogen-bond donors (Lipinski definition) is 0. The molecule has 1 aromatic carbocycles. The largest absolute Gasteiger partial charge is 0.744 e. The standard InChI is InChI=1S/C32H60NO3S.C7H8O3S/c1-2-3-4-5-6-7-8-9-10-11-12-13-14-17-20-23-32-35-29-31(36-32)28-34-26-22-19-16-15-18-21-24-33-25-27-37-30-33;1-6-2-4-7(5-3-6)11(8,9)10/h25,27,30-32H,2-24,26,28-29H2,1H3;2-5H,1H3,(H,8,9,10)/q+1;/p-1/t31-,32-;/m1./s1. The second kappa shape index (κ2) is 28.3. The van der Waals surface area contributed by atoms with Crippen LogP contribution >= 0.6 is 11.3 Å². The predicted octanol–water partition coefficient (Wildman–Crippen LogP) is 10.3. The third kappa shape index (κ3) is 23.1. The van der Waals surface area contributed by atoms with Crippen molar-refractivity contribution in [3.05, 3.63) is 46.9 Å². The SMILES string of the molecule is CCCCCCCCCCCCCCCCC[C@@H]1OC[C@@H](COCCCCCCCC[n+]2ccsc2)O1.Cc1ccc(S(=O)(=O)[O-])cc1. The number of benzene rings is 1. The molecule has 0 radical (unpaired) electrons. The van der Waals surface area contributed by atoms with E-state index in [1.807, 2.05) is 6.92 Å². The molecule has 1 saturated heterocycles. The summed E-state index contributed by atoms with van der Waals surface area (Å²) in [4.78, 5) is -0.178. The van der Waals surface area contributed by atoms with E-state index in [1.165, 1.54) is 141 Å². The highest BCUT2D eigenvalue weighted by molar-refractivity contribution is 7.85. The van der Waals surface area contributed by atoms with Gasteiger partial charge in [-0.3, -0.25) is 0 Å². The first-order valence-electron chi connectivity index (χ1n) is 19.2. The monoisotopic (exact) mass is 709 g/mol. The first kappa shape index (κ1) is 42.8. The minimum absolute atomic E-state index is 0.00261. The van der Waals surface area contributed by atoms with Gasteiger partial charge in [-0.05, 0) is 44.7 Å². The third-order valence-electron chi connectivity index (χ3n) is 8.95. The summed E-state index contributed by atoms with van der Waals surface area (Å²) >= 11 is 1.77. The second-order valence-corrected chi connectivity index (χ2v) is 15.6. The Morgan fingerprint density at radius 1 is 0.792 bits per heavy atom. The average Bonchev–Trinajstić information content (AvgIpc) is 3.76. The van der Waals surface area contributed by atoms with Crippen LogP contribution in [0, 0.1) is 6.92 Å². The zero-order valence-electron chi connectivity index (χ0n) is 30.3. The Morgan fingerprint density at radius 3 is 1.88 bits per heavy atom. The summed E-state index contributed by atoms with van der Waals surface area (Å²) in [7, 11) is -4.27. The molecule has 1 fully saturated rings. The Kier molecular flexibility index (Phi) is 25.3. The number of aromatic nitrogens is 1. The quantitative estimate of drug-likeness (QED) is 0.0496. The molecule has 0 saturated carbocycles. The van der Waals surface area contributed by atoms with Crippen LogP contribution in [0.15, 0.2) is 46.2 Å². The summed E-state index contributed by atoms with van der Waals surface area (Å²) in [5.74, 6) is 0. The molecule has 0 amide bonds. The number of hydrogen-bond acceptors (Lipinski definition) is 7. The van der Waals surface area contributed by atoms with Gasteiger partial charge in [-0.1, -0.05) is 145 Å². The summed E-state index contributed by atoms with van der Waals surface area (Å²) in [6.07, 6.45) is 32.2. The number of unbranched alkanes of at least 4 members (excludes halogenated alkanes) is 19. The van der Waals surface area contributed by atoms with Crippen LogP contribution in [-0.2, 0) is 30.9 Å². The summed E-state index contributed by atoms with van der Waals surface area (Å²) in [6, 6.07) is 5.78. The van der Waals surface area contributed by atoms with Gasteiger partial charge in [0.2, 0.25) is 5.51 Å². The molecule has 3 rings (SSSR count). The van der Waals surface area contributed by atoms with Gasteiger partial charge in [-0.25, -0.2) is 8.42 Å². The van der Waals surface area contributed by atoms with Gasteiger partial charge in [0.25, 0.3) is 0 Å². The number of nitrogens with zero attached hydrogens (tertiary/aromatic N) is 1. The Hall–Kier alpha value is -1.36. The van der Waals surface area contributed by atoms with E-state index in [0.29, 0.717) is 13.2 Å². The molecule has 2 atom stereocenters. The maximum atomic E-state index is 10.4. The molecule has 1 aliphatic heterocycles. The van der Waals surface area contributed by atoms with Crippen LogP contribution in [-0.4, -0.2) is 45.2 Å². The third-order valence-corrected chi connectivity index (χ3v) is 10.5. The fourth-order valence-corrected chi connectivity index (χ4v) is 7.04. The summed E-state index contributed by atoms with van der Waals surface area (Å²) in [5.41, 5.74) is 3.12. The van der Waals surface area contributed by atoms with Crippen molar-refractivity contribution in [3.8, 4) is 0 Å². The Balaban J connectivity index is 0.000000613. The number of thiazole rings is 1. The molecule has 0 spiro atoms. The molecule has 2 heterocycles. The highest BCUT2D eigenvalue weighted by atomic mass is 32.2. The van der Waals surface area contributed by atoms with E-state index < -0.39 is 10.1 Å². The normalized spacial score (nSPS) is 16.2. The predicted molar refractivity (Wildman–Crippen MR) is 196 cm³/mol. The maximum Gasteiger partial charge on any atom is 0.224 e. The van der Waals surface area contributed by atoms with Gasteiger partial charge in [0.05, 0.1) is 23.5 Å². The molecular formula is C39H67NO6S2. The van der Waals surface area contributed by atoms with Crippen LogP contribution in [0.3, 0.4) is 0 Å². The van der Waals surface area contributed by atoms with E-state index >= 15 is 0 Å². The highest BCUT2D eigenvalue weighted by Gasteiger charge is 2.25. The molecule has 7 nitrogen and oxygen atoms in total. The average molecular weight is 710 g/mol. The van der Waals surface area contributed by atoms with Gasteiger partial charge in [0.15, 0.2) is 12.5 Å². The molecular weight excluding hydrogens is 643 g/mol. The van der Waals surface area contributed by atoms with Gasteiger partial charge in [-0.15, -0.1) is 0 Å². The van der Waals surface area contributed by atoms with E-state index in [1.54, 1.807) is 23.5 Å². The molecule has 0 N–H and O–H groups in total. The lowest BCUT2D eigenvalue weighted by molar-refractivity contribution is -0.692. The van der Waals surface area contributed by atoms with E-state index in [4.69, 9.17) is 14.2 Å². The van der Waals surface area contributed by atoms with Gasteiger partial charge in [0, 0.05) is 13.0 Å². The van der Waals surface area contributed by atoms with Crippen molar-refractivity contribution in [2.45, 2.75) is 179 Å². The molecule has 1 aliphatic rings. The van der Waals surface area contributed by atoms with E-state index in [-0.39, 0.29) is 17.3 Å². The fourth-order valence-electron chi connectivity index (χ4n) is 5.94. The van der Waals surface area contributed by atoms with E-state index in [0.717, 1.165) is 31.6 Å². The number of rotatable bonds is 28. The van der Waals surface area contributed by atoms with Crippen LogP contribution < -0.4 is 4.57 Å². The first-order chi connectivity index (χ1) is 23.4. The van der Waals surface area contributed by atoms with Gasteiger partial charge in [-0.2, -0.15) is 4.57 Å². The molecule has 0 unspecified atom stereocenters. The van der Waals surface area contributed by atoms with Crippen molar-refractivity contribution in [2.75, 3.05) is 19.8 Å². The van der Waals surface area contributed by atoms with Gasteiger partial charge in [0.1, 0.15) is 22.8 Å². The Bertz CT molecular complexity index is 1090. The van der Waals surface area contributed by atoms with Crippen LogP contribution in [0.2, 0.25) is 0 Å². The minimum atomic E-state index is -4.27. The lowest BCUT2D eigenvalue weighted by Crippen LogP contribution is -2.29. The molecule has 0 aliphatic carbocycles. The van der Waals surface area contributed by atoms with Crippen LogP contribution in [0.1, 0.15) is 154 Å². The van der Waals surface area contributed by atoms with Crippen molar-refractivity contribution < 1.29 is 31.7 Å². The minimum Gasteiger partial charge on any atom is -0.744 e. The van der Waals surface area contributed by atoms with Crippen molar-refractivity contribution in [2.24, 2.45) is 0 Å². The van der Waals surface area contributed by atoms with Crippen molar-refractivity contribution in [1.29, 1.82) is 0 Å². The molecule has 2 aromatic rings. The first-order valence-corrected chi connectivity index (χ1v) is 21.5. The van der Waals surface area contributed by atoms with E-state index in [9.17, 15) is 13.0 Å².